The number of hydrogen-bond acceptors (Lipinski definition) is 9. The summed E-state index contributed by atoms with van der Waals surface area (Å²) in [5.41, 5.74) is 14.1. The minimum absolute atomic E-state index is 0.0197. The second kappa shape index (κ2) is 28.1. The fraction of sp³-hybridized carbons (Fsp3) is 0.362. The van der Waals surface area contributed by atoms with Crippen molar-refractivity contribution in [3.05, 3.63) is 172 Å². The molecular weight excluding hydrogens is 1030 g/mol. The summed E-state index contributed by atoms with van der Waals surface area (Å²) in [5.74, 6) is 3.08. The molecule has 82 heavy (non-hydrogen) atoms. The van der Waals surface area contributed by atoms with Gasteiger partial charge in [-0.2, -0.15) is 0 Å². The molecule has 430 valence electrons. The first-order valence-electron chi connectivity index (χ1n) is 29.1. The number of anilines is 4. The number of piperidine rings is 1. The Labute approximate surface area is 484 Å². The molecule has 0 aromatic heterocycles. The Bertz CT molecular complexity index is 3200. The van der Waals surface area contributed by atoms with E-state index >= 15 is 0 Å². The number of carbonyl (C=O) groups excluding carboxylic acids is 4. The van der Waals surface area contributed by atoms with Crippen molar-refractivity contribution in [1.82, 2.24) is 5.32 Å². The van der Waals surface area contributed by atoms with Crippen LogP contribution >= 0.6 is 0 Å². The van der Waals surface area contributed by atoms with Crippen LogP contribution in [0.3, 0.4) is 0 Å². The summed E-state index contributed by atoms with van der Waals surface area (Å²) >= 11 is 0. The summed E-state index contributed by atoms with van der Waals surface area (Å²) in [4.78, 5) is 48.4. The zero-order valence-electron chi connectivity index (χ0n) is 49.0. The van der Waals surface area contributed by atoms with Crippen LogP contribution in [0.15, 0.2) is 150 Å². The van der Waals surface area contributed by atoms with Gasteiger partial charge in [-0.15, -0.1) is 0 Å². The van der Waals surface area contributed by atoms with Gasteiger partial charge in [-0.3, -0.25) is 19.2 Å². The van der Waals surface area contributed by atoms with Gasteiger partial charge >= 0.3 is 0 Å². The van der Waals surface area contributed by atoms with Crippen LogP contribution in [-0.4, -0.2) is 68.8 Å². The van der Waals surface area contributed by atoms with Gasteiger partial charge in [0.15, 0.2) is 0 Å². The minimum atomic E-state index is -0.721. The molecule has 2 saturated carbocycles. The summed E-state index contributed by atoms with van der Waals surface area (Å²) in [5, 5.41) is 25.7. The number of ether oxygens (including phenoxy) is 3. The lowest BCUT2D eigenvalue weighted by Crippen LogP contribution is -2.33. The summed E-state index contributed by atoms with van der Waals surface area (Å²) in [6.07, 6.45) is 28.8. The highest BCUT2D eigenvalue weighted by atomic mass is 16.5. The SMILES string of the molecule is CC(C)=CC=C1C(=O)Nc2ccccc21.CCC1(O)CCCC/C1=C\C=C1\C(=O)Nc2c(OC)cccc21.CCC1CCCC/C1=C/C=C1/C(=O)Nc2c(OC)cccc21.CCC1CNCC/C1=C\C=C1\C(=O)Nc2c(OC)cccc21. The Morgan fingerprint density at radius 3 is 1.52 bits per heavy atom. The molecule has 3 fully saturated rings. The first-order chi connectivity index (χ1) is 39.7. The largest absolute Gasteiger partial charge is 0.495 e. The number of amides is 4. The van der Waals surface area contributed by atoms with E-state index in [9.17, 15) is 24.3 Å². The van der Waals surface area contributed by atoms with Gasteiger partial charge in [0.25, 0.3) is 23.6 Å². The molecule has 11 rings (SSSR count). The molecule has 6 N–H and O–H groups in total. The number of carbonyl (C=O) groups is 4. The lowest BCUT2D eigenvalue weighted by atomic mass is 9.78. The van der Waals surface area contributed by atoms with E-state index in [1.165, 1.54) is 42.4 Å². The molecule has 3 unspecified atom stereocenters. The van der Waals surface area contributed by atoms with E-state index in [-0.39, 0.29) is 23.6 Å². The Morgan fingerprint density at radius 2 is 1.01 bits per heavy atom. The topological polar surface area (TPSA) is 176 Å². The Balaban J connectivity index is 0.000000145. The maximum Gasteiger partial charge on any atom is 0.256 e. The van der Waals surface area contributed by atoms with Gasteiger partial charge < -0.3 is 45.9 Å². The van der Waals surface area contributed by atoms with Crippen molar-refractivity contribution in [3.63, 3.8) is 0 Å². The third kappa shape index (κ3) is 13.8. The van der Waals surface area contributed by atoms with Crippen LogP contribution in [0, 0.1) is 11.8 Å². The van der Waals surface area contributed by atoms with Gasteiger partial charge in [0.1, 0.15) is 17.2 Å². The number of fused-ring (bicyclic) bond motifs is 4. The van der Waals surface area contributed by atoms with E-state index in [1.807, 2.05) is 136 Å². The molecule has 4 aromatic carbocycles. The van der Waals surface area contributed by atoms with Gasteiger partial charge in [-0.05, 0) is 157 Å². The maximum absolute atomic E-state index is 12.3. The average Bonchev–Trinajstić information content (AvgIpc) is 4.31. The monoisotopic (exact) mass is 1110 g/mol. The molecule has 0 bridgehead atoms. The van der Waals surface area contributed by atoms with Crippen LogP contribution in [0.1, 0.15) is 134 Å². The molecule has 4 amide bonds. The van der Waals surface area contributed by atoms with Crippen LogP contribution in [0.2, 0.25) is 0 Å². The number of para-hydroxylation sites is 4. The van der Waals surface area contributed by atoms with Gasteiger partial charge in [0, 0.05) is 56.8 Å². The molecule has 7 aliphatic rings. The Hall–Kier alpha value is -8.00. The fourth-order valence-electron chi connectivity index (χ4n) is 11.7. The predicted molar refractivity (Wildman–Crippen MR) is 333 cm³/mol. The smallest absolute Gasteiger partial charge is 0.256 e. The summed E-state index contributed by atoms with van der Waals surface area (Å²) in [6.45, 7) is 12.5. The Kier molecular flexibility index (Phi) is 20.6. The normalized spacial score (nSPS) is 23.7. The van der Waals surface area contributed by atoms with Gasteiger partial charge in [-0.25, -0.2) is 0 Å². The first-order valence-corrected chi connectivity index (χ1v) is 29.1. The second-order valence-electron chi connectivity index (χ2n) is 21.8. The molecule has 4 aromatic rings. The minimum Gasteiger partial charge on any atom is -0.495 e. The molecule has 5 heterocycles. The number of allylic oxidation sites excluding steroid dienone is 10. The summed E-state index contributed by atoms with van der Waals surface area (Å²) in [6, 6.07) is 24.8. The van der Waals surface area contributed by atoms with Gasteiger partial charge in [0.2, 0.25) is 0 Å². The molecule has 13 heteroatoms. The van der Waals surface area contributed by atoms with Crippen LogP contribution in [0.25, 0.3) is 22.3 Å². The van der Waals surface area contributed by atoms with Crippen molar-refractivity contribution < 1.29 is 38.5 Å². The summed E-state index contributed by atoms with van der Waals surface area (Å²) < 4.78 is 15.9. The number of hydrogen-bond donors (Lipinski definition) is 6. The van der Waals surface area contributed by atoms with Gasteiger partial charge in [-0.1, -0.05) is 123 Å². The second-order valence-corrected chi connectivity index (χ2v) is 21.8. The number of aliphatic hydroxyl groups is 1. The summed E-state index contributed by atoms with van der Waals surface area (Å²) in [7, 11) is 4.83. The molecule has 1 saturated heterocycles. The van der Waals surface area contributed by atoms with Crippen molar-refractivity contribution in [1.29, 1.82) is 0 Å². The fourth-order valence-corrected chi connectivity index (χ4v) is 11.7. The standard InChI is InChI=1S/C19H23NO3.C19H23NO2.C18H22N2O2.C13H13NO/c1-3-19(22)12-5-4-7-13(19)10-11-15-14-8-6-9-16(23-2)17(14)20-18(15)21;1-3-13-7-4-5-8-14(13)11-12-16-15-9-6-10-17(22-2)18(15)20-19(16)21;1-3-12-11-19-10-9-13(12)7-8-15-14-5-4-6-16(22-2)17(14)20-18(15)21;1-9(2)7-8-11-10-5-3-4-6-12(10)14-13(11)15/h6,8-11,22H,3-5,7,12H2,1-2H3,(H,20,21);6,9-13H,3-5,7-8H2,1-2H3,(H,20,21);4-8,12,19H,3,9-11H2,1-2H3,(H,20,21);3-8H,1-2H3,(H,14,15)/b13-10+,15-11+;14-11-,16-12+;13-7+,15-8+;. The van der Waals surface area contributed by atoms with Crippen LogP contribution in [0.5, 0.6) is 17.2 Å². The van der Waals surface area contributed by atoms with Crippen LogP contribution in [-0.2, 0) is 19.2 Å². The first kappa shape index (κ1) is 60.1. The lowest BCUT2D eigenvalue weighted by molar-refractivity contribution is -0.111. The third-order valence-electron chi connectivity index (χ3n) is 16.5. The van der Waals surface area contributed by atoms with Gasteiger partial charge in [0.05, 0.1) is 44.0 Å². The highest BCUT2D eigenvalue weighted by Crippen LogP contribution is 2.43. The van der Waals surface area contributed by atoms with E-state index in [1.54, 1.807) is 21.3 Å². The number of methoxy groups -OCH3 is 3. The number of nitrogens with one attached hydrogen (secondary N) is 5. The lowest BCUT2D eigenvalue weighted by Gasteiger charge is -2.34. The van der Waals surface area contributed by atoms with Crippen molar-refractivity contribution in [2.45, 2.75) is 117 Å². The molecule has 2 aliphatic carbocycles. The molecule has 0 radical (unpaired) electrons. The third-order valence-corrected chi connectivity index (χ3v) is 16.5. The zero-order valence-corrected chi connectivity index (χ0v) is 49.0. The average molecular weight is 1110 g/mol. The highest BCUT2D eigenvalue weighted by molar-refractivity contribution is 6.34. The van der Waals surface area contributed by atoms with Crippen molar-refractivity contribution in [2.75, 3.05) is 55.7 Å². The van der Waals surface area contributed by atoms with Crippen LogP contribution < -0.4 is 40.8 Å². The molecule has 0 spiro atoms. The van der Waals surface area contributed by atoms with Crippen molar-refractivity contribution >= 4 is 68.7 Å². The van der Waals surface area contributed by atoms with Crippen molar-refractivity contribution in [2.24, 2.45) is 11.8 Å². The highest BCUT2D eigenvalue weighted by Gasteiger charge is 2.33. The zero-order chi connectivity index (χ0) is 58.3. The van der Waals surface area contributed by atoms with E-state index in [2.05, 4.69) is 52.6 Å². The van der Waals surface area contributed by atoms with E-state index in [4.69, 9.17) is 14.2 Å². The Morgan fingerprint density at radius 1 is 0.537 bits per heavy atom. The number of rotatable bonds is 10. The van der Waals surface area contributed by atoms with Crippen LogP contribution in [0.4, 0.5) is 22.7 Å². The van der Waals surface area contributed by atoms with E-state index in [0.29, 0.717) is 41.1 Å². The molecule has 3 atom stereocenters. The maximum atomic E-state index is 12.3. The molecule has 5 aliphatic heterocycles. The number of benzene rings is 4. The van der Waals surface area contributed by atoms with Crippen molar-refractivity contribution in [3.8, 4) is 17.2 Å². The van der Waals surface area contributed by atoms with E-state index < -0.39 is 5.60 Å². The quantitative estimate of drug-likeness (QED) is 0.0844. The molecular formula is C69H81N5O8. The predicted octanol–water partition coefficient (Wildman–Crippen LogP) is 14.2. The molecule has 13 nitrogen and oxygen atoms in total. The van der Waals surface area contributed by atoms with E-state index in [0.717, 1.165) is 125 Å².